The predicted molar refractivity (Wildman–Crippen MR) is 114 cm³/mol. The second-order valence-electron chi connectivity index (χ2n) is 6.77. The lowest BCUT2D eigenvalue weighted by atomic mass is 10.2. The average Bonchev–Trinajstić information content (AvgIpc) is 2.69. The number of guanidine groups is 1. The molecule has 2 aromatic carbocycles. The van der Waals surface area contributed by atoms with Crippen LogP contribution in [-0.2, 0) is 23.0 Å². The molecule has 0 aromatic heterocycles. The monoisotopic (exact) mass is 403 g/mol. The molecule has 28 heavy (non-hydrogen) atoms. The van der Waals surface area contributed by atoms with E-state index in [1.807, 2.05) is 61.5 Å². The Bertz CT molecular complexity index is 867. The van der Waals surface area contributed by atoms with Crippen molar-refractivity contribution >= 4 is 15.8 Å². The number of nitrogens with one attached hydrogen (secondary N) is 2. The Morgan fingerprint density at radius 2 is 1.79 bits per heavy atom. The molecule has 1 unspecified atom stereocenters. The molecule has 0 aliphatic rings. The maximum absolute atomic E-state index is 11.3. The number of ether oxygens (including phenoxy) is 1. The molecule has 0 heterocycles. The molecule has 0 spiro atoms. The normalized spacial score (nSPS) is 13.0. The van der Waals surface area contributed by atoms with Crippen molar-refractivity contribution in [2.24, 2.45) is 4.99 Å². The summed E-state index contributed by atoms with van der Waals surface area (Å²) in [6.07, 6.45) is 1.77. The molecule has 0 amide bonds. The third-order valence-electron chi connectivity index (χ3n) is 4.18. The third kappa shape index (κ3) is 8.00. The van der Waals surface area contributed by atoms with Crippen LogP contribution in [0.5, 0.6) is 5.75 Å². The van der Waals surface area contributed by atoms with Crippen LogP contribution in [0.2, 0.25) is 0 Å². The first-order chi connectivity index (χ1) is 13.4. The molecule has 0 aliphatic carbocycles. The van der Waals surface area contributed by atoms with Crippen LogP contribution in [0.3, 0.4) is 0 Å². The van der Waals surface area contributed by atoms with E-state index < -0.39 is 9.84 Å². The highest BCUT2D eigenvalue weighted by atomic mass is 32.2. The Morgan fingerprint density at radius 1 is 1.11 bits per heavy atom. The molecule has 152 valence electrons. The van der Waals surface area contributed by atoms with Crippen LogP contribution < -0.4 is 15.4 Å². The number of nitrogens with zero attached hydrogens (tertiary/aromatic N) is 1. The van der Waals surface area contributed by atoms with Crippen molar-refractivity contribution in [3.05, 3.63) is 65.7 Å². The van der Waals surface area contributed by atoms with Gasteiger partial charge in [-0.05, 0) is 25.0 Å². The molecule has 0 fully saturated rings. The smallest absolute Gasteiger partial charge is 0.191 e. The van der Waals surface area contributed by atoms with Crippen molar-refractivity contribution < 1.29 is 13.2 Å². The number of para-hydroxylation sites is 1. The van der Waals surface area contributed by atoms with Gasteiger partial charge in [0.2, 0.25) is 0 Å². The third-order valence-corrected chi connectivity index (χ3v) is 5.16. The zero-order chi connectivity index (χ0) is 20.4. The molecule has 0 bridgehead atoms. The summed E-state index contributed by atoms with van der Waals surface area (Å²) >= 11 is 0. The first-order valence-electron chi connectivity index (χ1n) is 9.27. The average molecular weight is 404 g/mol. The maximum atomic E-state index is 11.3. The summed E-state index contributed by atoms with van der Waals surface area (Å²) in [6.45, 7) is 2.99. The van der Waals surface area contributed by atoms with Gasteiger partial charge in [0, 0.05) is 31.5 Å². The van der Waals surface area contributed by atoms with Crippen molar-refractivity contribution in [2.45, 2.75) is 32.5 Å². The minimum Gasteiger partial charge on any atom is -0.489 e. The van der Waals surface area contributed by atoms with Gasteiger partial charge < -0.3 is 15.4 Å². The molecule has 2 aromatic rings. The number of hydrogen-bond donors (Lipinski definition) is 2. The molecule has 1 atom stereocenters. The van der Waals surface area contributed by atoms with Crippen LogP contribution >= 0.6 is 0 Å². The van der Waals surface area contributed by atoms with E-state index in [2.05, 4.69) is 15.6 Å². The Morgan fingerprint density at radius 3 is 2.46 bits per heavy atom. The van der Waals surface area contributed by atoms with Gasteiger partial charge in [0.05, 0.1) is 5.75 Å². The van der Waals surface area contributed by atoms with Gasteiger partial charge in [0.15, 0.2) is 5.96 Å². The van der Waals surface area contributed by atoms with E-state index >= 15 is 0 Å². The SMILES string of the molecule is CN=C(NCc1ccccc1OCc1ccccc1)NC(C)CCS(C)(=O)=O. The molecular weight excluding hydrogens is 374 g/mol. The zero-order valence-corrected chi connectivity index (χ0v) is 17.5. The van der Waals surface area contributed by atoms with E-state index in [4.69, 9.17) is 4.74 Å². The Labute approximate surface area is 168 Å². The van der Waals surface area contributed by atoms with Gasteiger partial charge in [-0.1, -0.05) is 48.5 Å². The van der Waals surface area contributed by atoms with Crippen LogP contribution in [0, 0.1) is 0 Å². The number of sulfone groups is 1. The topological polar surface area (TPSA) is 79.8 Å². The summed E-state index contributed by atoms with van der Waals surface area (Å²) in [5.41, 5.74) is 2.13. The standard InChI is InChI=1S/C21H29N3O3S/c1-17(13-14-28(3,25)26)24-21(22-2)23-15-19-11-7-8-12-20(19)27-16-18-9-5-4-6-10-18/h4-12,17H,13-16H2,1-3H3,(H2,22,23,24). The summed E-state index contributed by atoms with van der Waals surface area (Å²) in [5, 5.41) is 6.48. The highest BCUT2D eigenvalue weighted by molar-refractivity contribution is 7.90. The molecule has 2 rings (SSSR count). The van der Waals surface area contributed by atoms with E-state index in [0.29, 0.717) is 25.5 Å². The number of rotatable bonds is 9. The largest absolute Gasteiger partial charge is 0.489 e. The summed E-state index contributed by atoms with van der Waals surface area (Å²) in [7, 11) is -1.28. The van der Waals surface area contributed by atoms with Gasteiger partial charge in [0.25, 0.3) is 0 Å². The Kier molecular flexibility index (Phi) is 8.32. The van der Waals surface area contributed by atoms with Gasteiger partial charge in [-0.15, -0.1) is 0 Å². The molecule has 0 saturated heterocycles. The van der Waals surface area contributed by atoms with Crippen molar-refractivity contribution in [3.8, 4) is 5.75 Å². The van der Waals surface area contributed by atoms with Crippen molar-refractivity contribution in [1.29, 1.82) is 0 Å². The van der Waals surface area contributed by atoms with Crippen LogP contribution in [0.4, 0.5) is 0 Å². The fraction of sp³-hybridized carbons (Fsp3) is 0.381. The first kappa shape index (κ1) is 21.8. The van der Waals surface area contributed by atoms with Gasteiger partial charge >= 0.3 is 0 Å². The van der Waals surface area contributed by atoms with Gasteiger partial charge in [-0.3, -0.25) is 4.99 Å². The first-order valence-corrected chi connectivity index (χ1v) is 11.3. The molecule has 0 saturated carbocycles. The lowest BCUT2D eigenvalue weighted by Crippen LogP contribution is -2.42. The summed E-state index contributed by atoms with van der Waals surface area (Å²) in [4.78, 5) is 4.21. The lowest BCUT2D eigenvalue weighted by molar-refractivity contribution is 0.302. The Balaban J connectivity index is 1.90. The molecular formula is C21H29N3O3S. The second kappa shape index (κ2) is 10.7. The number of aliphatic imine (C=N–C) groups is 1. The predicted octanol–water partition coefficient (Wildman–Crippen LogP) is 2.75. The highest BCUT2D eigenvalue weighted by Crippen LogP contribution is 2.19. The minimum atomic E-state index is -2.97. The fourth-order valence-corrected chi connectivity index (χ4v) is 3.38. The van der Waals surface area contributed by atoms with Gasteiger partial charge in [0.1, 0.15) is 22.2 Å². The lowest BCUT2D eigenvalue weighted by Gasteiger charge is -2.18. The fourth-order valence-electron chi connectivity index (χ4n) is 2.60. The molecule has 0 aliphatic heterocycles. The van der Waals surface area contributed by atoms with Crippen molar-refractivity contribution in [3.63, 3.8) is 0 Å². The van der Waals surface area contributed by atoms with E-state index in [1.54, 1.807) is 7.05 Å². The minimum absolute atomic E-state index is 0.00880. The summed E-state index contributed by atoms with van der Waals surface area (Å²) in [5.74, 6) is 1.59. The number of hydrogen-bond acceptors (Lipinski definition) is 4. The van der Waals surface area contributed by atoms with E-state index in [0.717, 1.165) is 16.9 Å². The molecule has 7 heteroatoms. The molecule has 0 radical (unpaired) electrons. The highest BCUT2D eigenvalue weighted by Gasteiger charge is 2.10. The Hall–Kier alpha value is -2.54. The molecule has 2 N–H and O–H groups in total. The van der Waals surface area contributed by atoms with E-state index in [-0.39, 0.29) is 11.8 Å². The van der Waals surface area contributed by atoms with Crippen molar-refractivity contribution in [1.82, 2.24) is 10.6 Å². The van der Waals surface area contributed by atoms with Gasteiger partial charge in [-0.25, -0.2) is 8.42 Å². The second-order valence-corrected chi connectivity index (χ2v) is 9.03. The van der Waals surface area contributed by atoms with Crippen LogP contribution in [-0.4, -0.2) is 39.5 Å². The van der Waals surface area contributed by atoms with E-state index in [9.17, 15) is 8.42 Å². The maximum Gasteiger partial charge on any atom is 0.191 e. The quantitative estimate of drug-likeness (QED) is 0.497. The van der Waals surface area contributed by atoms with E-state index in [1.165, 1.54) is 6.26 Å². The summed E-state index contributed by atoms with van der Waals surface area (Å²) in [6, 6.07) is 17.9. The van der Waals surface area contributed by atoms with Crippen molar-refractivity contribution in [2.75, 3.05) is 19.1 Å². The van der Waals surface area contributed by atoms with Crippen LogP contribution in [0.15, 0.2) is 59.6 Å². The zero-order valence-electron chi connectivity index (χ0n) is 16.7. The van der Waals surface area contributed by atoms with Crippen LogP contribution in [0.25, 0.3) is 0 Å². The molecule has 6 nitrogen and oxygen atoms in total. The van der Waals surface area contributed by atoms with Gasteiger partial charge in [-0.2, -0.15) is 0 Å². The van der Waals surface area contributed by atoms with Crippen LogP contribution in [0.1, 0.15) is 24.5 Å². The number of benzene rings is 2. The summed E-state index contributed by atoms with van der Waals surface area (Å²) < 4.78 is 28.6.